The molecule has 0 aliphatic heterocycles. The predicted octanol–water partition coefficient (Wildman–Crippen LogP) is 0.410. The van der Waals surface area contributed by atoms with E-state index in [1.807, 2.05) is 0 Å². The van der Waals surface area contributed by atoms with E-state index in [9.17, 15) is 17.6 Å². The molecule has 0 unspecified atom stereocenters. The summed E-state index contributed by atoms with van der Waals surface area (Å²) in [7, 11) is -3.94. The van der Waals surface area contributed by atoms with Crippen LogP contribution in [0, 0.1) is 5.82 Å². The van der Waals surface area contributed by atoms with Gasteiger partial charge in [-0.2, -0.15) is 0 Å². The van der Waals surface area contributed by atoms with Crippen LogP contribution in [0.4, 0.5) is 10.1 Å². The van der Waals surface area contributed by atoms with Crippen molar-refractivity contribution in [3.05, 3.63) is 24.0 Å². The maximum atomic E-state index is 13.6. The molecule has 0 atom stereocenters. The fraction of sp³-hybridized carbons (Fsp3) is 0.364. The molecule has 0 saturated heterocycles. The minimum Gasteiger partial charge on any atom is -0.374 e. The maximum absolute atomic E-state index is 13.6. The number of sulfonamides is 1. The third-order valence-electron chi connectivity index (χ3n) is 2.16. The van der Waals surface area contributed by atoms with Crippen LogP contribution < -0.4 is 15.8 Å². The van der Waals surface area contributed by atoms with Crippen LogP contribution in [0.25, 0.3) is 0 Å². The lowest BCUT2D eigenvalue weighted by molar-refractivity contribution is -0.119. The molecular weight excluding hydrogens is 273 g/mol. The fourth-order valence-corrected chi connectivity index (χ4v) is 1.89. The first kappa shape index (κ1) is 15.4. The Kier molecular flexibility index (Phi) is 4.84. The van der Waals surface area contributed by atoms with E-state index < -0.39 is 15.8 Å². The topological polar surface area (TPSA) is 101 Å². The maximum Gasteiger partial charge on any atom is 0.239 e. The van der Waals surface area contributed by atoms with Gasteiger partial charge in [-0.3, -0.25) is 4.79 Å². The van der Waals surface area contributed by atoms with Crippen molar-refractivity contribution in [1.82, 2.24) is 5.32 Å². The normalized spacial score (nSPS) is 11.4. The summed E-state index contributed by atoms with van der Waals surface area (Å²) in [5.41, 5.74) is 0.0336. The summed E-state index contributed by atoms with van der Waals surface area (Å²) in [5, 5.41) is 10.1. The number of anilines is 1. The molecule has 1 aromatic rings. The van der Waals surface area contributed by atoms with Gasteiger partial charge in [0.15, 0.2) is 0 Å². The van der Waals surface area contributed by atoms with Gasteiger partial charge >= 0.3 is 0 Å². The molecule has 1 aromatic carbocycles. The number of carbonyl (C=O) groups excluding carboxylic acids is 1. The van der Waals surface area contributed by atoms with E-state index in [-0.39, 0.29) is 29.1 Å². The van der Waals surface area contributed by atoms with Gasteiger partial charge in [0.1, 0.15) is 5.82 Å². The van der Waals surface area contributed by atoms with Crippen LogP contribution in [0.2, 0.25) is 0 Å². The van der Waals surface area contributed by atoms with E-state index in [0.717, 1.165) is 6.07 Å². The second-order valence-corrected chi connectivity index (χ2v) is 5.82. The highest BCUT2D eigenvalue weighted by atomic mass is 32.2. The van der Waals surface area contributed by atoms with Crippen LogP contribution in [0.15, 0.2) is 23.1 Å². The first-order chi connectivity index (χ1) is 8.70. The van der Waals surface area contributed by atoms with Gasteiger partial charge in [0.05, 0.1) is 17.1 Å². The summed E-state index contributed by atoms with van der Waals surface area (Å²) >= 11 is 0. The van der Waals surface area contributed by atoms with E-state index in [0.29, 0.717) is 0 Å². The lowest BCUT2D eigenvalue weighted by atomic mass is 10.3. The smallest absolute Gasteiger partial charge is 0.239 e. The molecule has 0 aliphatic rings. The quantitative estimate of drug-likeness (QED) is 0.730. The number of rotatable bonds is 5. The van der Waals surface area contributed by atoms with E-state index in [1.165, 1.54) is 12.1 Å². The Morgan fingerprint density at radius 3 is 2.53 bits per heavy atom. The molecule has 1 amide bonds. The van der Waals surface area contributed by atoms with Crippen molar-refractivity contribution in [3.8, 4) is 0 Å². The van der Waals surface area contributed by atoms with Crippen molar-refractivity contribution in [2.75, 3.05) is 11.9 Å². The van der Waals surface area contributed by atoms with Crippen molar-refractivity contribution in [2.24, 2.45) is 5.14 Å². The van der Waals surface area contributed by atoms with Crippen LogP contribution in [-0.2, 0) is 14.8 Å². The third-order valence-corrected chi connectivity index (χ3v) is 3.07. The molecular formula is C11H16FN3O3S. The minimum absolute atomic E-state index is 0.0103. The number of carbonyl (C=O) groups is 1. The summed E-state index contributed by atoms with van der Waals surface area (Å²) < 4.78 is 35.6. The molecule has 8 heteroatoms. The molecule has 0 aliphatic carbocycles. The standard InChI is InChI=1S/C11H16FN3O3S/c1-7(2)15-11(16)6-14-10-4-3-8(5-9(10)12)19(13,17)18/h3-5,7,14H,6H2,1-2H3,(H,15,16)(H2,13,17,18). The SMILES string of the molecule is CC(C)NC(=O)CNc1ccc(S(N)(=O)=O)cc1F. The van der Waals surface area contributed by atoms with Crippen molar-refractivity contribution < 1.29 is 17.6 Å². The minimum atomic E-state index is -3.94. The van der Waals surface area contributed by atoms with Gasteiger partial charge in [0.25, 0.3) is 0 Å². The molecule has 6 nitrogen and oxygen atoms in total. The number of amides is 1. The zero-order valence-electron chi connectivity index (χ0n) is 10.6. The summed E-state index contributed by atoms with van der Waals surface area (Å²) in [5.74, 6) is -1.08. The van der Waals surface area contributed by atoms with Gasteiger partial charge in [-0.25, -0.2) is 17.9 Å². The second kappa shape index (κ2) is 5.98. The summed E-state index contributed by atoms with van der Waals surface area (Å²) in [4.78, 5) is 11.0. The molecule has 4 N–H and O–H groups in total. The van der Waals surface area contributed by atoms with Crippen molar-refractivity contribution in [2.45, 2.75) is 24.8 Å². The second-order valence-electron chi connectivity index (χ2n) is 4.26. The molecule has 1 rings (SSSR count). The monoisotopic (exact) mass is 289 g/mol. The lowest BCUT2D eigenvalue weighted by Gasteiger charge is -2.11. The van der Waals surface area contributed by atoms with Crippen LogP contribution in [0.3, 0.4) is 0 Å². The van der Waals surface area contributed by atoms with Crippen molar-refractivity contribution in [1.29, 1.82) is 0 Å². The number of hydrogen-bond donors (Lipinski definition) is 3. The van der Waals surface area contributed by atoms with Gasteiger partial charge in [-0.05, 0) is 32.0 Å². The zero-order valence-corrected chi connectivity index (χ0v) is 11.4. The highest BCUT2D eigenvalue weighted by Crippen LogP contribution is 2.17. The average Bonchev–Trinajstić information content (AvgIpc) is 2.25. The van der Waals surface area contributed by atoms with Gasteiger partial charge < -0.3 is 10.6 Å². The summed E-state index contributed by atoms with van der Waals surface area (Å²) in [6.45, 7) is 3.50. The number of benzene rings is 1. The first-order valence-electron chi connectivity index (χ1n) is 5.55. The van der Waals surface area contributed by atoms with E-state index >= 15 is 0 Å². The number of nitrogens with two attached hydrogens (primary N) is 1. The van der Waals surface area contributed by atoms with Gasteiger partial charge in [-0.15, -0.1) is 0 Å². The van der Waals surface area contributed by atoms with Crippen LogP contribution in [0.1, 0.15) is 13.8 Å². The van der Waals surface area contributed by atoms with Gasteiger partial charge in [-0.1, -0.05) is 0 Å². The Bertz CT molecular complexity index is 573. The Morgan fingerprint density at radius 1 is 1.42 bits per heavy atom. The molecule has 0 spiro atoms. The molecule has 0 saturated carbocycles. The van der Waals surface area contributed by atoms with Crippen molar-refractivity contribution >= 4 is 21.6 Å². The number of halogens is 1. The van der Waals surface area contributed by atoms with Gasteiger partial charge in [0.2, 0.25) is 15.9 Å². The van der Waals surface area contributed by atoms with Crippen LogP contribution >= 0.6 is 0 Å². The largest absolute Gasteiger partial charge is 0.374 e. The van der Waals surface area contributed by atoms with Crippen LogP contribution in [-0.4, -0.2) is 26.9 Å². The average molecular weight is 289 g/mol. The molecule has 0 bridgehead atoms. The Hall–Kier alpha value is -1.67. The zero-order chi connectivity index (χ0) is 14.6. The molecule has 0 heterocycles. The Balaban J connectivity index is 2.74. The van der Waals surface area contributed by atoms with Gasteiger partial charge in [0, 0.05) is 6.04 Å². The first-order valence-corrected chi connectivity index (χ1v) is 7.10. The van der Waals surface area contributed by atoms with E-state index in [2.05, 4.69) is 10.6 Å². The number of primary sulfonamides is 1. The molecule has 106 valence electrons. The fourth-order valence-electron chi connectivity index (χ4n) is 1.36. The highest BCUT2D eigenvalue weighted by molar-refractivity contribution is 7.89. The third kappa shape index (κ3) is 4.84. The van der Waals surface area contributed by atoms with E-state index in [4.69, 9.17) is 5.14 Å². The predicted molar refractivity (Wildman–Crippen MR) is 69.5 cm³/mol. The lowest BCUT2D eigenvalue weighted by Crippen LogP contribution is -2.34. The van der Waals surface area contributed by atoms with E-state index in [1.54, 1.807) is 13.8 Å². The number of nitrogens with one attached hydrogen (secondary N) is 2. The Morgan fingerprint density at radius 2 is 2.05 bits per heavy atom. The number of hydrogen-bond acceptors (Lipinski definition) is 4. The summed E-state index contributed by atoms with van der Waals surface area (Å²) in [6.07, 6.45) is 0. The molecule has 19 heavy (non-hydrogen) atoms. The van der Waals surface area contributed by atoms with Crippen LogP contribution in [0.5, 0.6) is 0 Å². The molecule has 0 fully saturated rings. The molecule has 0 aromatic heterocycles. The highest BCUT2D eigenvalue weighted by Gasteiger charge is 2.12. The molecule has 0 radical (unpaired) electrons. The summed E-state index contributed by atoms with van der Waals surface area (Å²) in [6, 6.07) is 3.18. The Labute approximate surface area is 111 Å². The van der Waals surface area contributed by atoms with Crippen molar-refractivity contribution in [3.63, 3.8) is 0 Å².